The first-order valence-electron chi connectivity index (χ1n) is 6.87. The number of carbonyl (C=O) groups is 3. The highest BCUT2D eigenvalue weighted by Gasteiger charge is 2.27. The van der Waals surface area contributed by atoms with E-state index in [1.165, 1.54) is 0 Å². The number of ether oxygens (including phenoxy) is 2. The molecule has 0 saturated heterocycles. The van der Waals surface area contributed by atoms with E-state index in [1.807, 2.05) is 6.92 Å². The predicted octanol–water partition coefficient (Wildman–Crippen LogP) is 1.84. The highest BCUT2D eigenvalue weighted by Crippen LogP contribution is 2.21. The maximum absolute atomic E-state index is 12.0. The number of aromatic nitrogens is 1. The largest absolute Gasteiger partial charge is 0.464 e. The quantitative estimate of drug-likeness (QED) is 0.407. The Morgan fingerprint density at radius 1 is 1.41 bits per heavy atom. The predicted molar refractivity (Wildman–Crippen MR) is 80.6 cm³/mol. The second-order valence-corrected chi connectivity index (χ2v) is 5.02. The number of nitrogens with one attached hydrogen (secondary N) is 2. The number of esters is 1. The summed E-state index contributed by atoms with van der Waals surface area (Å²) in [5.41, 5.74) is 0.278. The van der Waals surface area contributed by atoms with Crippen LogP contribution in [0.5, 0.6) is 0 Å². The van der Waals surface area contributed by atoms with Crippen molar-refractivity contribution in [3.05, 3.63) is 11.1 Å². The summed E-state index contributed by atoms with van der Waals surface area (Å²) >= 11 is 1.13. The zero-order valence-corrected chi connectivity index (χ0v) is 13.3. The molecule has 8 nitrogen and oxygen atoms in total. The van der Waals surface area contributed by atoms with Crippen molar-refractivity contribution in [3.63, 3.8) is 0 Å². The Balaban J connectivity index is 2.76. The van der Waals surface area contributed by atoms with Crippen LogP contribution in [0.15, 0.2) is 5.38 Å². The van der Waals surface area contributed by atoms with Crippen LogP contribution in [0.2, 0.25) is 0 Å². The lowest BCUT2D eigenvalue weighted by Gasteiger charge is -2.15. The Kier molecular flexibility index (Phi) is 7.90. The fourth-order valence-corrected chi connectivity index (χ4v) is 2.18. The minimum absolute atomic E-state index is 0.172. The second-order valence-electron chi connectivity index (χ2n) is 4.16. The molecule has 0 bridgehead atoms. The standard InChI is InChI=1S/C13H19N3O5S/c1-3-5-6-21-13(19)16-10(11(18)20-4-2)9-7-22-12(15-9)14-8-17/h7-8,10H,3-6H2,1-2H3,(H,16,19)(H,14,15,17). The minimum atomic E-state index is -1.08. The Bertz CT molecular complexity index is 506. The van der Waals surface area contributed by atoms with E-state index < -0.39 is 18.1 Å². The Morgan fingerprint density at radius 3 is 2.82 bits per heavy atom. The topological polar surface area (TPSA) is 107 Å². The molecule has 2 N–H and O–H groups in total. The first-order chi connectivity index (χ1) is 10.6. The van der Waals surface area contributed by atoms with Gasteiger partial charge in [0.15, 0.2) is 11.2 Å². The zero-order chi connectivity index (χ0) is 16.4. The van der Waals surface area contributed by atoms with Crippen LogP contribution >= 0.6 is 11.3 Å². The van der Waals surface area contributed by atoms with Crippen molar-refractivity contribution in [2.24, 2.45) is 0 Å². The molecule has 2 amide bonds. The van der Waals surface area contributed by atoms with E-state index >= 15 is 0 Å². The van der Waals surface area contributed by atoms with Crippen molar-refractivity contribution in [2.75, 3.05) is 18.5 Å². The molecular formula is C13H19N3O5S. The molecule has 22 heavy (non-hydrogen) atoms. The number of anilines is 1. The molecule has 1 atom stereocenters. The number of amides is 2. The molecular weight excluding hydrogens is 310 g/mol. The van der Waals surface area contributed by atoms with Gasteiger partial charge in [0.25, 0.3) is 0 Å². The average Bonchev–Trinajstić information content (AvgIpc) is 2.94. The van der Waals surface area contributed by atoms with E-state index in [0.29, 0.717) is 11.5 Å². The monoisotopic (exact) mass is 329 g/mol. The van der Waals surface area contributed by atoms with Crippen LogP contribution in [0.4, 0.5) is 9.93 Å². The van der Waals surface area contributed by atoms with E-state index in [2.05, 4.69) is 15.6 Å². The number of hydrogen-bond donors (Lipinski definition) is 2. The van der Waals surface area contributed by atoms with Gasteiger partial charge in [-0.2, -0.15) is 0 Å². The molecule has 9 heteroatoms. The van der Waals surface area contributed by atoms with Gasteiger partial charge in [-0.15, -0.1) is 11.3 Å². The summed E-state index contributed by atoms with van der Waals surface area (Å²) in [6, 6.07) is -1.08. The number of rotatable bonds is 9. The van der Waals surface area contributed by atoms with E-state index in [1.54, 1.807) is 12.3 Å². The van der Waals surface area contributed by atoms with Crippen LogP contribution < -0.4 is 10.6 Å². The van der Waals surface area contributed by atoms with Gasteiger partial charge in [0, 0.05) is 5.38 Å². The first kappa shape index (κ1) is 17.9. The molecule has 0 fully saturated rings. The van der Waals surface area contributed by atoms with E-state index in [4.69, 9.17) is 9.47 Å². The Labute approximate surface area is 132 Å². The molecule has 0 saturated carbocycles. The van der Waals surface area contributed by atoms with Gasteiger partial charge in [-0.05, 0) is 13.3 Å². The highest BCUT2D eigenvalue weighted by atomic mass is 32.1. The molecule has 0 radical (unpaired) electrons. The number of alkyl carbamates (subject to hydrolysis) is 1. The third-order valence-electron chi connectivity index (χ3n) is 2.52. The summed E-state index contributed by atoms with van der Waals surface area (Å²) < 4.78 is 9.88. The summed E-state index contributed by atoms with van der Waals surface area (Å²) in [6.45, 7) is 4.08. The molecule has 1 rings (SSSR count). The van der Waals surface area contributed by atoms with E-state index in [-0.39, 0.29) is 18.9 Å². The number of unbranched alkanes of at least 4 members (excludes halogenated alkanes) is 1. The smallest absolute Gasteiger partial charge is 0.408 e. The third kappa shape index (κ3) is 5.68. The zero-order valence-electron chi connectivity index (χ0n) is 12.5. The summed E-state index contributed by atoms with van der Waals surface area (Å²) in [6.07, 6.45) is 1.39. The van der Waals surface area contributed by atoms with Crippen LogP contribution in [0, 0.1) is 0 Å². The van der Waals surface area contributed by atoms with Crippen molar-refractivity contribution in [1.82, 2.24) is 10.3 Å². The lowest BCUT2D eigenvalue weighted by atomic mass is 10.2. The van der Waals surface area contributed by atoms with Gasteiger partial charge < -0.3 is 20.1 Å². The van der Waals surface area contributed by atoms with Gasteiger partial charge in [-0.25, -0.2) is 14.6 Å². The number of nitrogens with zero attached hydrogens (tertiary/aromatic N) is 1. The van der Waals surface area contributed by atoms with Gasteiger partial charge in [0.1, 0.15) is 0 Å². The molecule has 122 valence electrons. The van der Waals surface area contributed by atoms with Crippen LogP contribution in [0.1, 0.15) is 38.4 Å². The van der Waals surface area contributed by atoms with Gasteiger partial charge in [-0.1, -0.05) is 13.3 Å². The maximum atomic E-state index is 12.0. The van der Waals surface area contributed by atoms with Crippen molar-refractivity contribution >= 4 is 34.9 Å². The third-order valence-corrected chi connectivity index (χ3v) is 3.31. The molecule has 1 aromatic rings. The van der Waals surface area contributed by atoms with Gasteiger partial charge in [0.2, 0.25) is 6.41 Å². The molecule has 1 aromatic heterocycles. The molecule has 0 aromatic carbocycles. The van der Waals surface area contributed by atoms with Crippen LogP contribution in [0.3, 0.4) is 0 Å². The van der Waals surface area contributed by atoms with Crippen molar-refractivity contribution in [3.8, 4) is 0 Å². The fourth-order valence-electron chi connectivity index (χ4n) is 1.48. The Morgan fingerprint density at radius 2 is 2.18 bits per heavy atom. The lowest BCUT2D eigenvalue weighted by Crippen LogP contribution is -2.35. The normalized spacial score (nSPS) is 11.4. The molecule has 0 spiro atoms. The first-order valence-corrected chi connectivity index (χ1v) is 7.75. The van der Waals surface area contributed by atoms with Crippen molar-refractivity contribution in [2.45, 2.75) is 32.7 Å². The Hall–Kier alpha value is -2.16. The highest BCUT2D eigenvalue weighted by molar-refractivity contribution is 7.13. The van der Waals surface area contributed by atoms with Gasteiger partial charge >= 0.3 is 12.1 Å². The minimum Gasteiger partial charge on any atom is -0.464 e. The summed E-state index contributed by atoms with van der Waals surface area (Å²) in [7, 11) is 0. The summed E-state index contributed by atoms with van der Waals surface area (Å²) in [5, 5.41) is 6.68. The SMILES string of the molecule is CCCCOC(=O)NC(C(=O)OCC)c1csc(NC=O)n1. The van der Waals surface area contributed by atoms with Crippen molar-refractivity contribution < 1.29 is 23.9 Å². The van der Waals surface area contributed by atoms with Gasteiger partial charge in [0.05, 0.1) is 18.9 Å². The molecule has 0 aliphatic heterocycles. The molecule has 1 heterocycles. The second kappa shape index (κ2) is 9.72. The summed E-state index contributed by atoms with van der Waals surface area (Å²) in [5.74, 6) is -0.641. The van der Waals surface area contributed by atoms with Gasteiger partial charge in [-0.3, -0.25) is 4.79 Å². The van der Waals surface area contributed by atoms with E-state index in [9.17, 15) is 14.4 Å². The van der Waals surface area contributed by atoms with E-state index in [0.717, 1.165) is 24.2 Å². The summed E-state index contributed by atoms with van der Waals surface area (Å²) in [4.78, 5) is 38.1. The molecule has 0 aliphatic rings. The van der Waals surface area contributed by atoms with Crippen LogP contribution in [-0.2, 0) is 19.1 Å². The maximum Gasteiger partial charge on any atom is 0.408 e. The lowest BCUT2D eigenvalue weighted by molar-refractivity contribution is -0.145. The molecule has 0 aliphatic carbocycles. The fraction of sp³-hybridized carbons (Fsp3) is 0.538. The number of hydrogen-bond acceptors (Lipinski definition) is 7. The number of thiazole rings is 1. The number of carbonyl (C=O) groups excluding carboxylic acids is 3. The molecule has 1 unspecified atom stereocenters. The van der Waals surface area contributed by atoms with Crippen molar-refractivity contribution in [1.29, 1.82) is 0 Å². The van der Waals surface area contributed by atoms with Crippen LogP contribution in [0.25, 0.3) is 0 Å². The average molecular weight is 329 g/mol. The van der Waals surface area contributed by atoms with Crippen LogP contribution in [-0.4, -0.2) is 36.7 Å².